The second-order valence-electron chi connectivity index (χ2n) is 4.16. The minimum absolute atomic E-state index is 0.342. The van der Waals surface area contributed by atoms with Gasteiger partial charge in [-0.25, -0.2) is 8.78 Å². The number of hydrogen-bond donors (Lipinski definition) is 1. The van der Waals surface area contributed by atoms with Crippen molar-refractivity contribution in [3.63, 3.8) is 0 Å². The molecule has 0 heterocycles. The highest BCUT2D eigenvalue weighted by atomic mass is 19.3. The first-order valence-electron chi connectivity index (χ1n) is 4.74. The predicted octanol–water partition coefficient (Wildman–Crippen LogP) is 2.72. The van der Waals surface area contributed by atoms with Crippen LogP contribution < -0.4 is 5.73 Å². The van der Waals surface area contributed by atoms with Gasteiger partial charge < -0.3 is 5.73 Å². The molecule has 3 heteroatoms. The van der Waals surface area contributed by atoms with Crippen LogP contribution in [0.5, 0.6) is 0 Å². The van der Waals surface area contributed by atoms with Crippen LogP contribution in [0, 0.1) is 5.92 Å². The molecular weight excluding hydrogens is 172 g/mol. The van der Waals surface area contributed by atoms with Crippen molar-refractivity contribution in [2.75, 3.05) is 0 Å². The fourth-order valence-corrected chi connectivity index (χ4v) is 1.75. The summed E-state index contributed by atoms with van der Waals surface area (Å²) in [6.07, 6.45) is 5.08. The van der Waals surface area contributed by atoms with Gasteiger partial charge in [0.1, 0.15) is 0 Å². The van der Waals surface area contributed by atoms with Crippen molar-refractivity contribution < 1.29 is 8.78 Å². The lowest BCUT2D eigenvalue weighted by Crippen LogP contribution is -2.45. The van der Waals surface area contributed by atoms with Crippen molar-refractivity contribution in [2.45, 2.75) is 44.6 Å². The molecule has 2 N–H and O–H groups in total. The van der Waals surface area contributed by atoms with Gasteiger partial charge in [0.15, 0.2) is 0 Å². The number of halogens is 2. The third kappa shape index (κ3) is 3.07. The molecule has 0 bridgehead atoms. The first kappa shape index (κ1) is 10.6. The van der Waals surface area contributed by atoms with Crippen molar-refractivity contribution in [3.05, 3.63) is 12.2 Å². The highest BCUT2D eigenvalue weighted by Crippen LogP contribution is 2.29. The van der Waals surface area contributed by atoms with E-state index >= 15 is 0 Å². The Morgan fingerprint density at radius 2 is 2.23 bits per heavy atom. The Balaban J connectivity index is 2.43. The average molecular weight is 189 g/mol. The van der Waals surface area contributed by atoms with Gasteiger partial charge in [0, 0.05) is 0 Å². The van der Waals surface area contributed by atoms with E-state index in [2.05, 4.69) is 12.2 Å². The molecule has 1 aliphatic rings. The molecule has 2 unspecified atom stereocenters. The molecule has 0 aliphatic heterocycles. The molecule has 2 atom stereocenters. The molecule has 13 heavy (non-hydrogen) atoms. The summed E-state index contributed by atoms with van der Waals surface area (Å²) in [5, 5.41) is 0. The lowest BCUT2D eigenvalue weighted by Gasteiger charge is -2.29. The standard InChI is InChI=1S/C10H17F2N/c1-10(13,9(11)12)7-8-5-3-2-4-6-8/h2-3,8-9H,4-7,13H2,1H3. The molecule has 0 saturated carbocycles. The van der Waals surface area contributed by atoms with Gasteiger partial charge in [-0.05, 0) is 38.5 Å². The molecule has 1 rings (SSSR count). The van der Waals surface area contributed by atoms with E-state index in [1.54, 1.807) is 0 Å². The minimum Gasteiger partial charge on any atom is -0.321 e. The van der Waals surface area contributed by atoms with Crippen molar-refractivity contribution in [1.82, 2.24) is 0 Å². The number of hydrogen-bond acceptors (Lipinski definition) is 1. The first-order valence-corrected chi connectivity index (χ1v) is 4.74. The molecule has 0 saturated heterocycles. The molecule has 1 aliphatic carbocycles. The van der Waals surface area contributed by atoms with Gasteiger partial charge in [0.05, 0.1) is 5.54 Å². The summed E-state index contributed by atoms with van der Waals surface area (Å²) in [5.74, 6) is 0.342. The van der Waals surface area contributed by atoms with E-state index in [0.29, 0.717) is 12.3 Å². The number of rotatable bonds is 3. The Kier molecular flexibility index (Phi) is 3.42. The highest BCUT2D eigenvalue weighted by Gasteiger charge is 2.32. The van der Waals surface area contributed by atoms with E-state index in [1.807, 2.05) is 0 Å². The Bertz CT molecular complexity index is 187. The molecule has 0 radical (unpaired) electrons. The summed E-state index contributed by atoms with van der Waals surface area (Å²) in [4.78, 5) is 0. The fraction of sp³-hybridized carbons (Fsp3) is 0.800. The molecular formula is C10H17F2N. The molecule has 76 valence electrons. The second kappa shape index (κ2) is 4.18. The maximum atomic E-state index is 12.4. The third-order valence-corrected chi connectivity index (χ3v) is 2.60. The topological polar surface area (TPSA) is 26.0 Å². The van der Waals surface area contributed by atoms with Crippen LogP contribution in [0.4, 0.5) is 8.78 Å². The maximum absolute atomic E-state index is 12.4. The molecule has 0 aromatic rings. The fourth-order valence-electron chi connectivity index (χ4n) is 1.75. The van der Waals surface area contributed by atoms with Crippen LogP contribution in [0.25, 0.3) is 0 Å². The van der Waals surface area contributed by atoms with E-state index in [0.717, 1.165) is 19.3 Å². The lowest BCUT2D eigenvalue weighted by molar-refractivity contribution is 0.0481. The third-order valence-electron chi connectivity index (χ3n) is 2.60. The van der Waals surface area contributed by atoms with E-state index in [-0.39, 0.29) is 0 Å². The first-order chi connectivity index (χ1) is 6.02. The van der Waals surface area contributed by atoms with Crippen LogP contribution in [-0.4, -0.2) is 12.0 Å². The minimum atomic E-state index is -2.42. The molecule has 0 aromatic carbocycles. The van der Waals surface area contributed by atoms with Gasteiger partial charge >= 0.3 is 0 Å². The lowest BCUT2D eigenvalue weighted by atomic mass is 9.83. The van der Waals surface area contributed by atoms with E-state index < -0.39 is 12.0 Å². The Morgan fingerprint density at radius 1 is 1.54 bits per heavy atom. The van der Waals surface area contributed by atoms with Crippen LogP contribution in [0.3, 0.4) is 0 Å². The van der Waals surface area contributed by atoms with Crippen LogP contribution in [0.1, 0.15) is 32.6 Å². The van der Waals surface area contributed by atoms with Gasteiger partial charge in [-0.15, -0.1) is 0 Å². The molecule has 0 spiro atoms. The number of nitrogens with two attached hydrogens (primary N) is 1. The smallest absolute Gasteiger partial charge is 0.256 e. The normalized spacial score (nSPS) is 27.6. The van der Waals surface area contributed by atoms with E-state index in [4.69, 9.17) is 5.73 Å². The molecule has 1 nitrogen and oxygen atoms in total. The Labute approximate surface area is 78.0 Å². The Hall–Kier alpha value is -0.440. The second-order valence-corrected chi connectivity index (χ2v) is 4.16. The Morgan fingerprint density at radius 3 is 2.69 bits per heavy atom. The SMILES string of the molecule is CC(N)(CC1CC=CCC1)C(F)F. The quantitative estimate of drug-likeness (QED) is 0.679. The summed E-state index contributed by atoms with van der Waals surface area (Å²) in [7, 11) is 0. The number of alkyl halides is 2. The van der Waals surface area contributed by atoms with Crippen LogP contribution in [0.2, 0.25) is 0 Å². The molecule has 0 aromatic heterocycles. The summed E-state index contributed by atoms with van der Waals surface area (Å²) >= 11 is 0. The summed E-state index contributed by atoms with van der Waals surface area (Å²) < 4.78 is 24.8. The van der Waals surface area contributed by atoms with Gasteiger partial charge in [-0.3, -0.25) is 0 Å². The molecule has 0 amide bonds. The zero-order valence-corrected chi connectivity index (χ0v) is 7.97. The van der Waals surface area contributed by atoms with Crippen LogP contribution in [-0.2, 0) is 0 Å². The van der Waals surface area contributed by atoms with Crippen LogP contribution in [0.15, 0.2) is 12.2 Å². The maximum Gasteiger partial charge on any atom is 0.256 e. The van der Waals surface area contributed by atoms with Crippen LogP contribution >= 0.6 is 0 Å². The zero-order valence-electron chi connectivity index (χ0n) is 7.97. The predicted molar refractivity (Wildman–Crippen MR) is 49.7 cm³/mol. The summed E-state index contributed by atoms with van der Waals surface area (Å²) in [5.41, 5.74) is 4.21. The molecule has 0 fully saturated rings. The average Bonchev–Trinajstić information content (AvgIpc) is 2.05. The summed E-state index contributed by atoms with van der Waals surface area (Å²) in [6, 6.07) is 0. The summed E-state index contributed by atoms with van der Waals surface area (Å²) in [6.45, 7) is 1.44. The van der Waals surface area contributed by atoms with Gasteiger partial charge in [0.2, 0.25) is 0 Å². The highest BCUT2D eigenvalue weighted by molar-refractivity contribution is 4.94. The van der Waals surface area contributed by atoms with Crippen molar-refractivity contribution in [2.24, 2.45) is 11.7 Å². The van der Waals surface area contributed by atoms with Gasteiger partial charge in [-0.2, -0.15) is 0 Å². The largest absolute Gasteiger partial charge is 0.321 e. The zero-order chi connectivity index (χ0) is 9.90. The van der Waals surface area contributed by atoms with Gasteiger partial charge in [0.25, 0.3) is 6.43 Å². The van der Waals surface area contributed by atoms with E-state index in [9.17, 15) is 8.78 Å². The monoisotopic (exact) mass is 189 g/mol. The van der Waals surface area contributed by atoms with Gasteiger partial charge in [-0.1, -0.05) is 12.2 Å². The number of allylic oxidation sites excluding steroid dienone is 2. The van der Waals surface area contributed by atoms with Crippen molar-refractivity contribution >= 4 is 0 Å². The van der Waals surface area contributed by atoms with Crippen molar-refractivity contribution in [1.29, 1.82) is 0 Å². The van der Waals surface area contributed by atoms with E-state index in [1.165, 1.54) is 6.92 Å². The van der Waals surface area contributed by atoms with Crippen molar-refractivity contribution in [3.8, 4) is 0 Å².